The summed E-state index contributed by atoms with van der Waals surface area (Å²) in [6.07, 6.45) is 0. The molecule has 0 aliphatic heterocycles. The molecule has 0 spiro atoms. The average molecular weight is 401 g/mol. The van der Waals surface area contributed by atoms with E-state index in [2.05, 4.69) is 10.4 Å². The van der Waals surface area contributed by atoms with Crippen LogP contribution in [0.15, 0.2) is 54.6 Å². The van der Waals surface area contributed by atoms with Crippen LogP contribution in [0.5, 0.6) is 0 Å². The van der Waals surface area contributed by atoms with Gasteiger partial charge in [-0.2, -0.15) is 5.10 Å². The molecule has 0 bridgehead atoms. The Morgan fingerprint density at radius 3 is 2.54 bits per heavy atom. The Kier molecular flexibility index (Phi) is 5.75. The molecule has 0 unspecified atom stereocenters. The van der Waals surface area contributed by atoms with Gasteiger partial charge >= 0.3 is 0 Å². The molecule has 2 amide bonds. The molecule has 0 atom stereocenters. The maximum absolute atomic E-state index is 13.0. The fourth-order valence-corrected chi connectivity index (χ4v) is 2.87. The molecule has 28 heavy (non-hydrogen) atoms. The number of hydrogen-bond acceptors (Lipinski definition) is 3. The first-order valence-corrected chi connectivity index (χ1v) is 8.83. The topological polar surface area (TPSA) is 67.2 Å². The molecule has 1 N–H and O–H groups in total. The lowest BCUT2D eigenvalue weighted by molar-refractivity contribution is 0.0778. The highest BCUT2D eigenvalue weighted by Crippen LogP contribution is 2.18. The average Bonchev–Trinajstić information content (AvgIpc) is 3.03. The van der Waals surface area contributed by atoms with Gasteiger partial charge in [0.05, 0.1) is 10.6 Å². The van der Waals surface area contributed by atoms with Crippen molar-refractivity contribution in [1.29, 1.82) is 0 Å². The number of nitrogens with one attached hydrogen (secondary N) is 1. The fraction of sp³-hybridized carbons (Fsp3) is 0.150. The number of amides is 2. The number of aryl methyl sites for hydroxylation is 1. The SMILES string of the molecule is CN(Cc1ccc(F)cc1)C(=O)c1cc(NC(=O)c2ccccc2Cl)n(C)n1. The summed E-state index contributed by atoms with van der Waals surface area (Å²) in [4.78, 5) is 26.5. The number of rotatable bonds is 5. The number of carbonyl (C=O) groups is 2. The molecule has 0 aliphatic rings. The molecule has 0 radical (unpaired) electrons. The maximum atomic E-state index is 13.0. The van der Waals surface area contributed by atoms with Crippen molar-refractivity contribution in [3.8, 4) is 0 Å². The van der Waals surface area contributed by atoms with Crippen LogP contribution >= 0.6 is 11.6 Å². The molecule has 3 aromatic rings. The molecule has 0 saturated heterocycles. The summed E-state index contributed by atoms with van der Waals surface area (Å²) in [6.45, 7) is 0.303. The summed E-state index contributed by atoms with van der Waals surface area (Å²) in [5.74, 6) is -0.685. The van der Waals surface area contributed by atoms with Gasteiger partial charge in [-0.25, -0.2) is 4.39 Å². The van der Waals surface area contributed by atoms with Gasteiger partial charge < -0.3 is 10.2 Å². The lowest BCUT2D eigenvalue weighted by Crippen LogP contribution is -2.26. The Labute approximate surface area is 166 Å². The van der Waals surface area contributed by atoms with E-state index in [1.165, 1.54) is 27.8 Å². The summed E-state index contributed by atoms with van der Waals surface area (Å²) in [5, 5.41) is 7.21. The zero-order valence-electron chi connectivity index (χ0n) is 15.3. The fourth-order valence-electron chi connectivity index (χ4n) is 2.65. The molecule has 0 saturated carbocycles. The van der Waals surface area contributed by atoms with Gasteiger partial charge in [-0.15, -0.1) is 0 Å². The zero-order valence-corrected chi connectivity index (χ0v) is 16.1. The predicted molar refractivity (Wildman–Crippen MR) is 105 cm³/mol. The maximum Gasteiger partial charge on any atom is 0.274 e. The number of nitrogens with zero attached hydrogens (tertiary/aromatic N) is 3. The number of halogens is 2. The summed E-state index contributed by atoms with van der Waals surface area (Å²) in [6, 6.07) is 14.1. The Hall–Kier alpha value is -3.19. The normalized spacial score (nSPS) is 10.6. The molecule has 1 aromatic heterocycles. The highest BCUT2D eigenvalue weighted by Gasteiger charge is 2.19. The minimum atomic E-state index is -0.396. The monoisotopic (exact) mass is 400 g/mol. The molecule has 2 aromatic carbocycles. The van der Waals surface area contributed by atoms with Gasteiger partial charge in [-0.05, 0) is 29.8 Å². The zero-order chi connectivity index (χ0) is 20.3. The van der Waals surface area contributed by atoms with Crippen molar-refractivity contribution in [2.45, 2.75) is 6.54 Å². The van der Waals surface area contributed by atoms with Crippen molar-refractivity contribution < 1.29 is 14.0 Å². The quantitative estimate of drug-likeness (QED) is 0.709. The van der Waals surface area contributed by atoms with Crippen LogP contribution in [0.25, 0.3) is 0 Å². The van der Waals surface area contributed by atoms with Crippen LogP contribution in [0.4, 0.5) is 10.2 Å². The number of hydrogen-bond donors (Lipinski definition) is 1. The van der Waals surface area contributed by atoms with E-state index < -0.39 is 5.91 Å². The lowest BCUT2D eigenvalue weighted by Gasteiger charge is -2.15. The molecular formula is C20H18ClFN4O2. The smallest absolute Gasteiger partial charge is 0.274 e. The van der Waals surface area contributed by atoms with Crippen LogP contribution < -0.4 is 5.32 Å². The Bertz CT molecular complexity index is 1020. The number of carbonyl (C=O) groups excluding carboxylic acids is 2. The largest absolute Gasteiger partial charge is 0.336 e. The molecular weight excluding hydrogens is 383 g/mol. The molecule has 144 valence electrons. The van der Waals surface area contributed by atoms with Gasteiger partial charge in [0.15, 0.2) is 5.69 Å². The van der Waals surface area contributed by atoms with E-state index >= 15 is 0 Å². The molecule has 8 heteroatoms. The van der Waals surface area contributed by atoms with E-state index in [-0.39, 0.29) is 17.4 Å². The van der Waals surface area contributed by atoms with Gasteiger partial charge in [0, 0.05) is 26.7 Å². The lowest BCUT2D eigenvalue weighted by atomic mass is 10.2. The van der Waals surface area contributed by atoms with Crippen molar-refractivity contribution >= 4 is 29.2 Å². The summed E-state index contributed by atoms with van der Waals surface area (Å²) in [5.41, 5.74) is 1.30. The summed E-state index contributed by atoms with van der Waals surface area (Å²) >= 11 is 6.04. The van der Waals surface area contributed by atoms with Gasteiger partial charge in [-0.3, -0.25) is 14.3 Å². The molecule has 0 fully saturated rings. The van der Waals surface area contributed by atoms with E-state index in [1.807, 2.05) is 0 Å². The van der Waals surface area contributed by atoms with E-state index in [0.717, 1.165) is 5.56 Å². The first-order chi connectivity index (χ1) is 13.3. The number of benzene rings is 2. The summed E-state index contributed by atoms with van der Waals surface area (Å²) < 4.78 is 14.4. The highest BCUT2D eigenvalue weighted by atomic mass is 35.5. The summed E-state index contributed by atoms with van der Waals surface area (Å²) in [7, 11) is 3.25. The van der Waals surface area contributed by atoms with Crippen molar-refractivity contribution in [3.63, 3.8) is 0 Å². The first-order valence-electron chi connectivity index (χ1n) is 8.45. The third kappa shape index (κ3) is 4.37. The third-order valence-electron chi connectivity index (χ3n) is 4.14. The second-order valence-corrected chi connectivity index (χ2v) is 6.67. The minimum Gasteiger partial charge on any atom is -0.336 e. The predicted octanol–water partition coefficient (Wildman–Crippen LogP) is 3.74. The van der Waals surface area contributed by atoms with Crippen LogP contribution in [0.2, 0.25) is 5.02 Å². The minimum absolute atomic E-state index is 0.182. The molecule has 3 rings (SSSR count). The van der Waals surface area contributed by atoms with Gasteiger partial charge in [0.25, 0.3) is 11.8 Å². The van der Waals surface area contributed by atoms with E-state index in [1.54, 1.807) is 50.5 Å². The van der Waals surface area contributed by atoms with Crippen molar-refractivity contribution in [3.05, 3.63) is 82.3 Å². The number of anilines is 1. The molecule has 0 aliphatic carbocycles. The van der Waals surface area contributed by atoms with Gasteiger partial charge in [0.1, 0.15) is 11.6 Å². The second kappa shape index (κ2) is 8.22. The van der Waals surface area contributed by atoms with Crippen LogP contribution in [-0.4, -0.2) is 33.5 Å². The van der Waals surface area contributed by atoms with Crippen LogP contribution in [0.1, 0.15) is 26.4 Å². The number of aromatic nitrogens is 2. The van der Waals surface area contributed by atoms with E-state index in [0.29, 0.717) is 22.9 Å². The van der Waals surface area contributed by atoms with E-state index in [4.69, 9.17) is 11.6 Å². The standard InChI is InChI=1S/C20H18ClFN4O2/c1-25(12-13-7-9-14(22)10-8-13)20(28)17-11-18(26(2)24-17)23-19(27)15-5-3-4-6-16(15)21/h3-11H,12H2,1-2H3,(H,23,27). The Balaban J connectivity index is 1.72. The molecule has 6 nitrogen and oxygen atoms in total. The van der Waals surface area contributed by atoms with Crippen LogP contribution in [0.3, 0.4) is 0 Å². The van der Waals surface area contributed by atoms with Crippen LogP contribution in [-0.2, 0) is 13.6 Å². The Morgan fingerprint density at radius 1 is 1.18 bits per heavy atom. The first kappa shape index (κ1) is 19.6. The van der Waals surface area contributed by atoms with Gasteiger partial charge in [-0.1, -0.05) is 35.9 Å². The molecule has 1 heterocycles. The van der Waals surface area contributed by atoms with Gasteiger partial charge in [0.2, 0.25) is 0 Å². The Morgan fingerprint density at radius 2 is 1.86 bits per heavy atom. The van der Waals surface area contributed by atoms with Crippen molar-refractivity contribution in [1.82, 2.24) is 14.7 Å². The van der Waals surface area contributed by atoms with E-state index in [9.17, 15) is 14.0 Å². The second-order valence-electron chi connectivity index (χ2n) is 6.26. The van der Waals surface area contributed by atoms with Crippen LogP contribution in [0, 0.1) is 5.82 Å². The third-order valence-corrected chi connectivity index (χ3v) is 4.47. The van der Waals surface area contributed by atoms with Crippen molar-refractivity contribution in [2.24, 2.45) is 7.05 Å². The van der Waals surface area contributed by atoms with Crippen molar-refractivity contribution in [2.75, 3.05) is 12.4 Å². The highest BCUT2D eigenvalue weighted by molar-refractivity contribution is 6.34.